The summed E-state index contributed by atoms with van der Waals surface area (Å²) in [5.74, 6) is -0.00745. The third-order valence-corrected chi connectivity index (χ3v) is 3.72. The van der Waals surface area contributed by atoms with Crippen molar-refractivity contribution in [2.24, 2.45) is 0 Å². The molecule has 0 saturated heterocycles. The van der Waals surface area contributed by atoms with Crippen LogP contribution in [0.2, 0.25) is 0 Å². The van der Waals surface area contributed by atoms with E-state index in [1.54, 1.807) is 18.3 Å². The van der Waals surface area contributed by atoms with Gasteiger partial charge in [-0.25, -0.2) is 0 Å². The average Bonchev–Trinajstić information content (AvgIpc) is 2.93. The molecule has 0 N–H and O–H groups in total. The predicted octanol–water partition coefficient (Wildman–Crippen LogP) is 4.06. The molecule has 5 heteroatoms. The van der Waals surface area contributed by atoms with Crippen molar-refractivity contribution in [3.05, 3.63) is 77.0 Å². The molecule has 0 unspecified atom stereocenters. The van der Waals surface area contributed by atoms with Crippen LogP contribution < -0.4 is 0 Å². The molecule has 0 atom stereocenters. The molecule has 2 aromatic carbocycles. The van der Waals surface area contributed by atoms with Crippen molar-refractivity contribution in [2.45, 2.75) is 0 Å². The second kappa shape index (κ2) is 4.66. The summed E-state index contributed by atoms with van der Waals surface area (Å²) in [5, 5.41) is 13.5. The lowest BCUT2D eigenvalue weighted by Crippen LogP contribution is -1.95. The van der Waals surface area contributed by atoms with Gasteiger partial charge in [-0.05, 0) is 21.8 Å². The van der Waals surface area contributed by atoms with Crippen LogP contribution in [0.25, 0.3) is 27.7 Å². The lowest BCUT2D eigenvalue weighted by Gasteiger charge is -2.04. The summed E-state index contributed by atoms with van der Waals surface area (Å²) in [5.41, 5.74) is 1.73. The van der Waals surface area contributed by atoms with E-state index in [-0.39, 0.29) is 10.7 Å². The van der Waals surface area contributed by atoms with Gasteiger partial charge < -0.3 is 10.1 Å². The maximum absolute atomic E-state index is 11.6. The molecule has 0 fully saturated rings. The second-order valence-electron chi connectivity index (χ2n) is 5.00. The molecule has 4 rings (SSSR count). The highest BCUT2D eigenvalue weighted by atomic mass is 16.6. The van der Waals surface area contributed by atoms with Crippen LogP contribution in [0, 0.1) is 10.1 Å². The number of hydrogen-bond acceptors (Lipinski definition) is 3. The molecular formula is C17H11N3O2. The number of fused-ring (bicyclic) bond motifs is 2. The molecule has 0 bridgehead atoms. The maximum atomic E-state index is 11.6. The summed E-state index contributed by atoms with van der Waals surface area (Å²) < 4.78 is 1.51. The monoisotopic (exact) mass is 289 g/mol. The van der Waals surface area contributed by atoms with E-state index in [2.05, 4.69) is 4.98 Å². The summed E-state index contributed by atoms with van der Waals surface area (Å²) in [6.45, 7) is 0. The summed E-state index contributed by atoms with van der Waals surface area (Å²) >= 11 is 0. The van der Waals surface area contributed by atoms with Crippen LogP contribution >= 0.6 is 0 Å². The number of nitro groups is 1. The number of aromatic nitrogens is 2. The molecular weight excluding hydrogens is 278 g/mol. The SMILES string of the molecule is O=[N+]([O-])c1c(-c2cccc3ccccc23)nc2ccccn12. The highest BCUT2D eigenvalue weighted by Gasteiger charge is 2.24. The molecule has 0 amide bonds. The van der Waals surface area contributed by atoms with Gasteiger partial charge in [0.05, 0.1) is 6.20 Å². The van der Waals surface area contributed by atoms with Crippen LogP contribution in [0.3, 0.4) is 0 Å². The normalized spacial score (nSPS) is 11.1. The van der Waals surface area contributed by atoms with Gasteiger partial charge >= 0.3 is 5.82 Å². The first kappa shape index (κ1) is 12.5. The molecule has 4 aromatic rings. The number of pyridine rings is 1. The molecule has 2 heterocycles. The Bertz CT molecular complexity index is 1020. The van der Waals surface area contributed by atoms with E-state index >= 15 is 0 Å². The van der Waals surface area contributed by atoms with E-state index in [1.807, 2.05) is 48.5 Å². The largest absolute Gasteiger partial charge is 0.358 e. The Labute approximate surface area is 125 Å². The molecule has 0 aliphatic heterocycles. The predicted molar refractivity (Wildman–Crippen MR) is 84.8 cm³/mol. The van der Waals surface area contributed by atoms with Gasteiger partial charge in [0.15, 0.2) is 5.69 Å². The molecule has 0 radical (unpaired) electrons. The maximum Gasteiger partial charge on any atom is 0.355 e. The van der Waals surface area contributed by atoms with Gasteiger partial charge in [0.25, 0.3) is 0 Å². The Morgan fingerprint density at radius 3 is 2.59 bits per heavy atom. The van der Waals surface area contributed by atoms with E-state index in [0.717, 1.165) is 16.3 Å². The first-order valence-corrected chi connectivity index (χ1v) is 6.85. The van der Waals surface area contributed by atoms with Gasteiger partial charge in [0, 0.05) is 11.6 Å². The number of benzene rings is 2. The van der Waals surface area contributed by atoms with Crippen LogP contribution in [0.15, 0.2) is 66.9 Å². The molecule has 0 aliphatic rings. The van der Waals surface area contributed by atoms with Gasteiger partial charge in [0.1, 0.15) is 0 Å². The number of rotatable bonds is 2. The zero-order valence-electron chi connectivity index (χ0n) is 11.5. The number of nitrogens with zero attached hydrogens (tertiary/aromatic N) is 3. The Morgan fingerprint density at radius 2 is 1.73 bits per heavy atom. The lowest BCUT2D eigenvalue weighted by atomic mass is 10.0. The highest BCUT2D eigenvalue weighted by Crippen LogP contribution is 2.34. The van der Waals surface area contributed by atoms with Crippen molar-refractivity contribution in [3.8, 4) is 11.3 Å². The van der Waals surface area contributed by atoms with E-state index in [9.17, 15) is 10.1 Å². The number of hydrogen-bond donors (Lipinski definition) is 0. The van der Waals surface area contributed by atoms with Gasteiger partial charge in [-0.15, -0.1) is 0 Å². The first-order chi connectivity index (χ1) is 10.8. The van der Waals surface area contributed by atoms with Crippen LogP contribution in [-0.4, -0.2) is 14.3 Å². The zero-order valence-corrected chi connectivity index (χ0v) is 11.5. The third-order valence-electron chi connectivity index (χ3n) is 3.72. The van der Waals surface area contributed by atoms with Crippen LogP contribution in [0.5, 0.6) is 0 Å². The molecule has 106 valence electrons. The Morgan fingerprint density at radius 1 is 0.955 bits per heavy atom. The van der Waals surface area contributed by atoms with E-state index in [4.69, 9.17) is 0 Å². The first-order valence-electron chi connectivity index (χ1n) is 6.85. The lowest BCUT2D eigenvalue weighted by molar-refractivity contribution is -0.389. The molecule has 22 heavy (non-hydrogen) atoms. The summed E-state index contributed by atoms with van der Waals surface area (Å²) in [6.07, 6.45) is 1.66. The fraction of sp³-hybridized carbons (Fsp3) is 0. The minimum absolute atomic E-state index is 0.00745. The van der Waals surface area contributed by atoms with Crippen molar-refractivity contribution >= 4 is 22.2 Å². The van der Waals surface area contributed by atoms with Crippen molar-refractivity contribution < 1.29 is 4.92 Å². The van der Waals surface area contributed by atoms with Gasteiger partial charge in [-0.1, -0.05) is 48.5 Å². The topological polar surface area (TPSA) is 60.4 Å². The van der Waals surface area contributed by atoms with Gasteiger partial charge in [0.2, 0.25) is 5.65 Å². The highest BCUT2D eigenvalue weighted by molar-refractivity contribution is 5.97. The Hall–Kier alpha value is -3.21. The quantitative estimate of drug-likeness (QED) is 0.413. The van der Waals surface area contributed by atoms with Crippen molar-refractivity contribution in [3.63, 3.8) is 0 Å². The number of imidazole rings is 1. The Balaban J connectivity index is 2.13. The van der Waals surface area contributed by atoms with Crippen molar-refractivity contribution in [1.82, 2.24) is 9.38 Å². The van der Waals surface area contributed by atoms with E-state index < -0.39 is 0 Å². The third kappa shape index (κ3) is 1.76. The smallest absolute Gasteiger partial charge is 0.355 e. The minimum atomic E-state index is -0.378. The van der Waals surface area contributed by atoms with Crippen LogP contribution in [0.1, 0.15) is 0 Å². The average molecular weight is 289 g/mol. The second-order valence-corrected chi connectivity index (χ2v) is 5.00. The standard InChI is InChI=1S/C17H11N3O2/c21-20(22)17-16(18-15-10-3-4-11-19(15)17)14-9-5-7-12-6-1-2-8-13(12)14/h1-11H. The van der Waals surface area contributed by atoms with Crippen LogP contribution in [0.4, 0.5) is 5.82 Å². The zero-order chi connectivity index (χ0) is 15.1. The summed E-state index contributed by atoms with van der Waals surface area (Å²) in [6, 6.07) is 18.9. The summed E-state index contributed by atoms with van der Waals surface area (Å²) in [4.78, 5) is 15.6. The van der Waals surface area contributed by atoms with Gasteiger partial charge in [-0.3, -0.25) is 0 Å². The molecule has 5 nitrogen and oxygen atoms in total. The van der Waals surface area contributed by atoms with Crippen molar-refractivity contribution in [1.29, 1.82) is 0 Å². The van der Waals surface area contributed by atoms with E-state index in [0.29, 0.717) is 11.3 Å². The van der Waals surface area contributed by atoms with Crippen LogP contribution in [-0.2, 0) is 0 Å². The molecule has 2 aromatic heterocycles. The van der Waals surface area contributed by atoms with E-state index in [1.165, 1.54) is 4.40 Å². The molecule has 0 saturated carbocycles. The van der Waals surface area contributed by atoms with Gasteiger partial charge in [-0.2, -0.15) is 9.38 Å². The summed E-state index contributed by atoms with van der Waals surface area (Å²) in [7, 11) is 0. The molecule has 0 aliphatic carbocycles. The fourth-order valence-corrected chi connectivity index (χ4v) is 2.77. The molecule has 0 spiro atoms. The Kier molecular flexibility index (Phi) is 2.66. The minimum Gasteiger partial charge on any atom is -0.358 e. The fourth-order valence-electron chi connectivity index (χ4n) is 2.77. The van der Waals surface area contributed by atoms with Crippen molar-refractivity contribution in [2.75, 3.05) is 0 Å².